The van der Waals surface area contributed by atoms with Gasteiger partial charge in [0.1, 0.15) is 5.82 Å². The van der Waals surface area contributed by atoms with Crippen LogP contribution in [0.1, 0.15) is 30.5 Å². The van der Waals surface area contributed by atoms with Crippen molar-refractivity contribution in [1.82, 2.24) is 24.9 Å². The summed E-state index contributed by atoms with van der Waals surface area (Å²) in [5.41, 5.74) is 1.69. The van der Waals surface area contributed by atoms with Gasteiger partial charge in [-0.2, -0.15) is 0 Å². The number of para-hydroxylation sites is 1. The molecule has 0 saturated carbocycles. The van der Waals surface area contributed by atoms with Gasteiger partial charge in [-0.3, -0.25) is 9.20 Å². The number of hydrogen-bond acceptors (Lipinski definition) is 6. The van der Waals surface area contributed by atoms with E-state index < -0.39 is 0 Å². The van der Waals surface area contributed by atoms with Gasteiger partial charge in [0.05, 0.1) is 17.8 Å². The van der Waals surface area contributed by atoms with Gasteiger partial charge in [0.25, 0.3) is 0 Å². The van der Waals surface area contributed by atoms with E-state index in [2.05, 4.69) is 29.4 Å². The van der Waals surface area contributed by atoms with Gasteiger partial charge < -0.3 is 5.32 Å². The van der Waals surface area contributed by atoms with Gasteiger partial charge in [-0.15, -0.1) is 21.5 Å². The Bertz CT molecular complexity index is 1090. The lowest BCUT2D eigenvalue weighted by molar-refractivity contribution is -0.118. The number of rotatable bonds is 6. The Labute approximate surface area is 165 Å². The fourth-order valence-corrected chi connectivity index (χ4v) is 4.26. The third-order valence-corrected chi connectivity index (χ3v) is 5.94. The summed E-state index contributed by atoms with van der Waals surface area (Å²) in [6.45, 7) is 4.75. The maximum Gasteiger partial charge on any atom is 0.230 e. The second-order valence-electron chi connectivity index (χ2n) is 6.43. The van der Waals surface area contributed by atoms with E-state index in [0.29, 0.717) is 11.7 Å². The van der Waals surface area contributed by atoms with Crippen LogP contribution in [-0.2, 0) is 11.3 Å². The molecule has 138 valence electrons. The van der Waals surface area contributed by atoms with Crippen molar-refractivity contribution >= 4 is 45.6 Å². The van der Waals surface area contributed by atoms with Gasteiger partial charge in [-0.05, 0) is 23.6 Å². The number of thioether (sulfide) groups is 1. The maximum absolute atomic E-state index is 12.2. The molecular weight excluding hydrogens is 378 g/mol. The summed E-state index contributed by atoms with van der Waals surface area (Å²) in [6, 6.07) is 11.9. The highest BCUT2D eigenvalue weighted by molar-refractivity contribution is 7.99. The largest absolute Gasteiger partial charge is 0.350 e. The summed E-state index contributed by atoms with van der Waals surface area (Å²) in [6.07, 6.45) is 0. The van der Waals surface area contributed by atoms with Crippen LogP contribution in [0.4, 0.5) is 0 Å². The lowest BCUT2D eigenvalue weighted by Crippen LogP contribution is -2.24. The van der Waals surface area contributed by atoms with Crippen molar-refractivity contribution in [3.8, 4) is 0 Å². The molecule has 4 rings (SSSR count). The Morgan fingerprint density at radius 1 is 1.22 bits per heavy atom. The molecule has 1 amide bonds. The Morgan fingerprint density at radius 3 is 2.85 bits per heavy atom. The third-order valence-electron chi connectivity index (χ3n) is 4.13. The molecule has 0 fully saturated rings. The fraction of sp³-hybridized carbons (Fsp3) is 0.263. The third kappa shape index (κ3) is 3.68. The smallest absolute Gasteiger partial charge is 0.230 e. The lowest BCUT2D eigenvalue weighted by Gasteiger charge is -2.11. The molecule has 3 aromatic heterocycles. The van der Waals surface area contributed by atoms with Crippen molar-refractivity contribution in [2.45, 2.75) is 31.5 Å². The lowest BCUT2D eigenvalue weighted by atomic mass is 10.2. The number of thiophene rings is 1. The molecule has 27 heavy (non-hydrogen) atoms. The van der Waals surface area contributed by atoms with Crippen LogP contribution in [0, 0.1) is 0 Å². The molecule has 0 radical (unpaired) electrons. The highest BCUT2D eigenvalue weighted by atomic mass is 32.2. The van der Waals surface area contributed by atoms with Crippen molar-refractivity contribution in [2.24, 2.45) is 0 Å². The minimum absolute atomic E-state index is 0.0232. The van der Waals surface area contributed by atoms with E-state index in [1.807, 2.05) is 46.2 Å². The van der Waals surface area contributed by atoms with Crippen molar-refractivity contribution in [2.75, 3.05) is 5.75 Å². The Hall–Kier alpha value is -2.45. The first-order valence-electron chi connectivity index (χ1n) is 8.69. The number of benzene rings is 1. The summed E-state index contributed by atoms with van der Waals surface area (Å²) in [7, 11) is 0. The van der Waals surface area contributed by atoms with Crippen LogP contribution in [0.5, 0.6) is 0 Å². The Morgan fingerprint density at radius 2 is 2.07 bits per heavy atom. The van der Waals surface area contributed by atoms with E-state index in [1.54, 1.807) is 11.3 Å². The number of hydrogen-bond donors (Lipinski definition) is 1. The normalized spacial score (nSPS) is 11.5. The summed E-state index contributed by atoms with van der Waals surface area (Å²) >= 11 is 3.02. The van der Waals surface area contributed by atoms with Crippen LogP contribution in [0.2, 0.25) is 0 Å². The van der Waals surface area contributed by atoms with Gasteiger partial charge in [0.2, 0.25) is 5.91 Å². The van der Waals surface area contributed by atoms with Crippen molar-refractivity contribution in [3.05, 3.63) is 52.5 Å². The number of nitrogens with zero attached hydrogens (tertiary/aromatic N) is 4. The molecule has 8 heteroatoms. The summed E-state index contributed by atoms with van der Waals surface area (Å²) in [5, 5.41) is 15.3. The quantitative estimate of drug-likeness (QED) is 0.500. The van der Waals surface area contributed by atoms with Crippen molar-refractivity contribution in [1.29, 1.82) is 0 Å². The molecule has 3 heterocycles. The first kappa shape index (κ1) is 17.9. The van der Waals surface area contributed by atoms with Crippen LogP contribution in [0.3, 0.4) is 0 Å². The molecular formula is C19H19N5OS2. The van der Waals surface area contributed by atoms with E-state index in [9.17, 15) is 4.79 Å². The van der Waals surface area contributed by atoms with Crippen molar-refractivity contribution < 1.29 is 4.79 Å². The molecule has 0 bridgehead atoms. The number of carbonyl (C=O) groups is 1. The van der Waals surface area contributed by atoms with Gasteiger partial charge in [-0.1, -0.05) is 43.8 Å². The number of fused-ring (bicyclic) bond motifs is 3. The molecule has 1 N–H and O–H groups in total. The zero-order valence-corrected chi connectivity index (χ0v) is 16.7. The van der Waals surface area contributed by atoms with E-state index in [0.717, 1.165) is 27.3 Å². The van der Waals surface area contributed by atoms with E-state index in [-0.39, 0.29) is 17.6 Å². The SMILES string of the molecule is CC(C)c1nc2ccccc2c2nnc(SCC(=O)NCc3cccs3)n12. The van der Waals surface area contributed by atoms with Crippen molar-refractivity contribution in [3.63, 3.8) is 0 Å². The molecule has 6 nitrogen and oxygen atoms in total. The molecule has 0 unspecified atom stereocenters. The highest BCUT2D eigenvalue weighted by Gasteiger charge is 2.18. The zero-order chi connectivity index (χ0) is 18.8. The number of carbonyl (C=O) groups excluding carboxylic acids is 1. The number of nitrogens with one attached hydrogen (secondary N) is 1. The number of aromatic nitrogens is 4. The van der Waals surface area contributed by atoms with Gasteiger partial charge in [-0.25, -0.2) is 4.98 Å². The molecule has 0 aliphatic heterocycles. The van der Waals surface area contributed by atoms with E-state index >= 15 is 0 Å². The molecule has 0 aliphatic carbocycles. The predicted molar refractivity (Wildman–Crippen MR) is 109 cm³/mol. The van der Waals surface area contributed by atoms with Crippen LogP contribution in [0.15, 0.2) is 46.9 Å². The van der Waals surface area contributed by atoms with Crippen LogP contribution >= 0.6 is 23.1 Å². The average Bonchev–Trinajstić information content (AvgIpc) is 3.34. The highest BCUT2D eigenvalue weighted by Crippen LogP contribution is 2.27. The summed E-state index contributed by atoms with van der Waals surface area (Å²) in [5.74, 6) is 1.37. The predicted octanol–water partition coefficient (Wildman–Crippen LogP) is 3.87. The Kier molecular flexibility index (Phi) is 5.09. The topological polar surface area (TPSA) is 72.2 Å². The second kappa shape index (κ2) is 7.66. The van der Waals surface area contributed by atoms with Gasteiger partial charge >= 0.3 is 0 Å². The molecule has 4 aromatic rings. The Balaban J connectivity index is 1.58. The second-order valence-corrected chi connectivity index (χ2v) is 8.40. The van der Waals surface area contributed by atoms with Crippen LogP contribution in [0.25, 0.3) is 16.6 Å². The molecule has 0 atom stereocenters. The monoisotopic (exact) mass is 397 g/mol. The summed E-state index contributed by atoms with van der Waals surface area (Å²) < 4.78 is 1.98. The standard InChI is InChI=1S/C19H19N5OS2/c1-12(2)17-21-15-8-4-3-7-14(15)18-22-23-19(24(17)18)27-11-16(25)20-10-13-6-5-9-26-13/h3-9,12H,10-11H2,1-2H3,(H,20,25). The first-order valence-corrected chi connectivity index (χ1v) is 10.6. The van der Waals surface area contributed by atoms with Crippen LogP contribution in [-0.4, -0.2) is 31.2 Å². The molecule has 0 saturated heterocycles. The number of amides is 1. The van der Waals surface area contributed by atoms with E-state index in [1.165, 1.54) is 11.8 Å². The minimum atomic E-state index is -0.0232. The molecule has 1 aromatic carbocycles. The van der Waals surface area contributed by atoms with Gasteiger partial charge in [0, 0.05) is 16.2 Å². The molecule has 0 spiro atoms. The first-order chi connectivity index (χ1) is 13.1. The van der Waals surface area contributed by atoms with Crippen LogP contribution < -0.4 is 5.32 Å². The van der Waals surface area contributed by atoms with Gasteiger partial charge in [0.15, 0.2) is 10.8 Å². The van der Waals surface area contributed by atoms with E-state index in [4.69, 9.17) is 4.98 Å². The fourth-order valence-electron chi connectivity index (χ4n) is 2.85. The maximum atomic E-state index is 12.2. The average molecular weight is 398 g/mol. The molecule has 0 aliphatic rings. The zero-order valence-electron chi connectivity index (χ0n) is 15.0. The minimum Gasteiger partial charge on any atom is -0.350 e. The summed E-state index contributed by atoms with van der Waals surface area (Å²) in [4.78, 5) is 18.1.